The number of halogens is 1. The van der Waals surface area contributed by atoms with Crippen molar-refractivity contribution >= 4 is 23.6 Å². The average Bonchev–Trinajstić information content (AvgIpc) is 3.50. The van der Waals surface area contributed by atoms with Gasteiger partial charge in [0.1, 0.15) is 18.3 Å². The van der Waals surface area contributed by atoms with E-state index in [4.69, 9.17) is 5.26 Å². The summed E-state index contributed by atoms with van der Waals surface area (Å²) in [5.41, 5.74) is 1.64. The average molecular weight is 451 g/mol. The second kappa shape index (κ2) is 7.77. The van der Waals surface area contributed by atoms with Gasteiger partial charge in [-0.05, 0) is 30.2 Å². The summed E-state index contributed by atoms with van der Waals surface area (Å²) < 4.78 is 15.0. The van der Waals surface area contributed by atoms with Crippen LogP contribution in [0.15, 0.2) is 24.4 Å². The highest BCUT2D eigenvalue weighted by atomic mass is 19.1. The maximum atomic E-state index is 13.7. The molecule has 3 atom stereocenters. The van der Waals surface area contributed by atoms with E-state index in [2.05, 4.69) is 15.6 Å². The van der Waals surface area contributed by atoms with Crippen molar-refractivity contribution in [3.05, 3.63) is 41.2 Å². The first-order chi connectivity index (χ1) is 15.9. The summed E-state index contributed by atoms with van der Waals surface area (Å²) in [5, 5.41) is 19.3. The van der Waals surface area contributed by atoms with Gasteiger partial charge in [-0.15, -0.1) is 5.10 Å². The van der Waals surface area contributed by atoms with Crippen molar-refractivity contribution < 1.29 is 23.6 Å². The highest BCUT2D eigenvalue weighted by Crippen LogP contribution is 2.29. The molecule has 2 aromatic rings. The number of imide groups is 1. The summed E-state index contributed by atoms with van der Waals surface area (Å²) in [7, 11) is 0. The third-order valence-electron chi connectivity index (χ3n) is 6.14. The Morgan fingerprint density at radius 3 is 2.85 bits per heavy atom. The number of likely N-dealkylation sites (tertiary alicyclic amines) is 1. The number of rotatable bonds is 3. The quantitative estimate of drug-likeness (QED) is 0.653. The normalized spacial score (nSPS) is 24.6. The molecule has 0 radical (unpaired) electrons. The number of nitriles is 1. The van der Waals surface area contributed by atoms with Gasteiger partial charge in [0.25, 0.3) is 11.8 Å². The monoisotopic (exact) mass is 451 g/mol. The number of nitrogens with one attached hydrogen (secondary N) is 1. The zero-order valence-corrected chi connectivity index (χ0v) is 17.3. The van der Waals surface area contributed by atoms with E-state index in [9.17, 15) is 23.6 Å². The van der Waals surface area contributed by atoms with Gasteiger partial charge in [-0.25, -0.2) is 9.07 Å². The Kier molecular flexibility index (Phi) is 4.88. The van der Waals surface area contributed by atoms with Gasteiger partial charge in [0.15, 0.2) is 5.69 Å². The van der Waals surface area contributed by atoms with Crippen molar-refractivity contribution in [1.82, 2.24) is 30.1 Å². The molecule has 4 heterocycles. The lowest BCUT2D eigenvalue weighted by Gasteiger charge is -2.29. The summed E-state index contributed by atoms with van der Waals surface area (Å²) in [6, 6.07) is 5.34. The van der Waals surface area contributed by atoms with Gasteiger partial charge in [0, 0.05) is 24.9 Å². The summed E-state index contributed by atoms with van der Waals surface area (Å²) in [6.07, 6.45) is 0.545. The predicted octanol–water partition coefficient (Wildman–Crippen LogP) is 0.104. The van der Waals surface area contributed by atoms with E-state index in [-0.39, 0.29) is 49.9 Å². The number of carbonyl (C=O) groups excluding carboxylic acids is 4. The molecule has 1 aromatic carbocycles. The van der Waals surface area contributed by atoms with E-state index in [1.807, 2.05) is 6.07 Å². The van der Waals surface area contributed by atoms with Crippen LogP contribution in [0.2, 0.25) is 0 Å². The molecule has 11 nitrogen and oxygen atoms in total. The maximum absolute atomic E-state index is 13.7. The fraction of sp³-hybridized carbons (Fsp3) is 0.381. The van der Waals surface area contributed by atoms with Crippen LogP contribution >= 0.6 is 0 Å². The van der Waals surface area contributed by atoms with Crippen LogP contribution in [0.25, 0.3) is 5.69 Å². The van der Waals surface area contributed by atoms with Crippen LogP contribution < -0.4 is 5.32 Å². The van der Waals surface area contributed by atoms with Crippen LogP contribution in [0, 0.1) is 11.3 Å². The number of fused-ring (bicyclic) bond motifs is 1. The topological polar surface area (TPSA) is 141 Å². The summed E-state index contributed by atoms with van der Waals surface area (Å²) in [4.78, 5) is 51.7. The number of amides is 4. The number of piperidine rings is 1. The molecule has 2 fully saturated rings. The Labute approximate surface area is 186 Å². The lowest BCUT2D eigenvalue weighted by atomic mass is 10.0. The Hall–Kier alpha value is -4.14. The molecule has 1 N–H and O–H groups in total. The molecule has 3 aliphatic rings. The van der Waals surface area contributed by atoms with E-state index in [1.165, 1.54) is 15.8 Å². The van der Waals surface area contributed by atoms with Crippen molar-refractivity contribution in [2.24, 2.45) is 0 Å². The van der Waals surface area contributed by atoms with Crippen molar-refractivity contribution in [3.8, 4) is 11.8 Å². The zero-order valence-electron chi connectivity index (χ0n) is 17.3. The van der Waals surface area contributed by atoms with E-state index in [0.29, 0.717) is 16.8 Å². The minimum Gasteiger partial charge on any atom is -0.322 e. The van der Waals surface area contributed by atoms with Gasteiger partial charge in [-0.3, -0.25) is 24.5 Å². The van der Waals surface area contributed by atoms with Gasteiger partial charge < -0.3 is 9.80 Å². The molecule has 1 aromatic heterocycles. The van der Waals surface area contributed by atoms with Crippen molar-refractivity contribution in [1.29, 1.82) is 5.26 Å². The lowest BCUT2D eigenvalue weighted by molar-refractivity contribution is -0.136. The first kappa shape index (κ1) is 20.7. The van der Waals surface area contributed by atoms with Gasteiger partial charge in [-0.2, -0.15) is 5.26 Å². The van der Waals surface area contributed by atoms with Crippen LogP contribution in [-0.2, 0) is 16.1 Å². The number of hydrogen-bond donors (Lipinski definition) is 1. The predicted molar refractivity (Wildman–Crippen MR) is 107 cm³/mol. The summed E-state index contributed by atoms with van der Waals surface area (Å²) in [5.74, 6) is -1.71. The molecule has 5 rings (SSSR count). The van der Waals surface area contributed by atoms with Crippen molar-refractivity contribution in [3.63, 3.8) is 0 Å². The number of benzene rings is 1. The number of carbonyl (C=O) groups is 4. The van der Waals surface area contributed by atoms with Crippen LogP contribution in [0.5, 0.6) is 0 Å². The molecule has 12 heteroatoms. The highest BCUT2D eigenvalue weighted by Gasteiger charge is 2.39. The molecule has 33 heavy (non-hydrogen) atoms. The van der Waals surface area contributed by atoms with E-state index in [0.717, 1.165) is 4.90 Å². The van der Waals surface area contributed by atoms with Crippen LogP contribution in [0.4, 0.5) is 4.39 Å². The third kappa shape index (κ3) is 3.51. The number of nitrogens with zero attached hydrogens (tertiary/aromatic N) is 6. The zero-order chi connectivity index (χ0) is 23.3. The van der Waals surface area contributed by atoms with Crippen LogP contribution in [0.1, 0.15) is 45.7 Å². The van der Waals surface area contributed by atoms with Crippen LogP contribution in [0.3, 0.4) is 0 Å². The first-order valence-corrected chi connectivity index (χ1v) is 10.4. The van der Waals surface area contributed by atoms with E-state index in [1.54, 1.807) is 18.2 Å². The molecule has 1 unspecified atom stereocenters. The van der Waals surface area contributed by atoms with Gasteiger partial charge in [0.05, 0.1) is 24.5 Å². The molecular formula is C21H18FN7O4. The third-order valence-corrected chi connectivity index (χ3v) is 6.14. The molecule has 4 amide bonds. The number of hydrogen-bond acceptors (Lipinski definition) is 7. The fourth-order valence-electron chi connectivity index (χ4n) is 4.47. The van der Waals surface area contributed by atoms with Gasteiger partial charge in [-0.1, -0.05) is 5.21 Å². The largest absolute Gasteiger partial charge is 0.322 e. The molecule has 0 spiro atoms. The second-order valence-corrected chi connectivity index (χ2v) is 8.23. The Balaban J connectivity index is 1.36. The van der Waals surface area contributed by atoms with E-state index >= 15 is 0 Å². The summed E-state index contributed by atoms with van der Waals surface area (Å²) >= 11 is 0. The molecular weight excluding hydrogens is 433 g/mol. The lowest BCUT2D eigenvalue weighted by Crippen LogP contribution is -2.52. The van der Waals surface area contributed by atoms with Crippen molar-refractivity contribution in [2.75, 3.05) is 6.54 Å². The minimum atomic E-state index is -1.25. The van der Waals surface area contributed by atoms with Crippen LogP contribution in [-0.4, -0.2) is 73.2 Å². The fourth-order valence-corrected chi connectivity index (χ4v) is 4.47. The Morgan fingerprint density at radius 2 is 2.09 bits per heavy atom. The minimum absolute atomic E-state index is 0.0221. The Morgan fingerprint density at radius 1 is 1.27 bits per heavy atom. The SMILES string of the molecule is N#C[C@@H]1C[C@@H](F)CN1C(=O)c1cn(-c2ccc3c(c2)CN(C2CCC(=O)NC2=O)C3=O)nn1. The molecule has 2 saturated heterocycles. The number of alkyl halides is 1. The van der Waals surface area contributed by atoms with Crippen molar-refractivity contribution in [2.45, 2.75) is 44.1 Å². The molecule has 0 aliphatic carbocycles. The van der Waals surface area contributed by atoms with E-state index < -0.39 is 30.1 Å². The molecule has 0 saturated carbocycles. The Bertz CT molecular complexity index is 1240. The van der Waals surface area contributed by atoms with Gasteiger partial charge in [0.2, 0.25) is 11.8 Å². The maximum Gasteiger partial charge on any atom is 0.277 e. The molecule has 168 valence electrons. The highest BCUT2D eigenvalue weighted by molar-refractivity contribution is 6.05. The molecule has 3 aliphatic heterocycles. The molecule has 0 bridgehead atoms. The smallest absolute Gasteiger partial charge is 0.277 e. The van der Waals surface area contributed by atoms with Gasteiger partial charge >= 0.3 is 0 Å². The number of aromatic nitrogens is 3. The second-order valence-electron chi connectivity index (χ2n) is 8.23. The standard InChI is InChI=1S/C21H18FN7O4/c22-12-6-14(7-23)27(9-12)21(33)16-10-29(26-25-16)13-1-2-15-11(5-13)8-28(20(15)32)17-3-4-18(30)24-19(17)31/h1-2,5,10,12,14,17H,3-4,6,8-9H2,(H,24,30,31)/t12-,14+,17?/m1/s1. The summed E-state index contributed by atoms with van der Waals surface area (Å²) in [6.45, 7) is 0.0331. The first-order valence-electron chi connectivity index (χ1n) is 10.4.